The molecular formula is C19H23N3O3. The van der Waals surface area contributed by atoms with Gasteiger partial charge < -0.3 is 20.1 Å². The predicted octanol–water partition coefficient (Wildman–Crippen LogP) is 3.07. The second kappa shape index (κ2) is 8.48. The average molecular weight is 341 g/mol. The van der Waals surface area contributed by atoms with Crippen molar-refractivity contribution in [2.45, 2.75) is 19.4 Å². The number of hydrogen-bond donors (Lipinski definition) is 2. The number of para-hydroxylation sites is 1. The quantitative estimate of drug-likeness (QED) is 0.845. The summed E-state index contributed by atoms with van der Waals surface area (Å²) in [5.74, 6) is 1.65. The number of carbonyl (C=O) groups excluding carboxylic acids is 1. The second-order valence-electron chi connectivity index (χ2n) is 5.97. The fourth-order valence-corrected chi connectivity index (χ4v) is 2.81. The largest absolute Gasteiger partial charge is 0.496 e. The molecule has 0 atom stereocenters. The maximum Gasteiger partial charge on any atom is 0.227 e. The lowest BCUT2D eigenvalue weighted by Crippen LogP contribution is -2.28. The van der Waals surface area contributed by atoms with E-state index in [1.165, 1.54) is 0 Å². The van der Waals surface area contributed by atoms with E-state index >= 15 is 0 Å². The van der Waals surface area contributed by atoms with Crippen molar-refractivity contribution in [3.63, 3.8) is 0 Å². The van der Waals surface area contributed by atoms with E-state index in [-0.39, 0.29) is 11.8 Å². The summed E-state index contributed by atoms with van der Waals surface area (Å²) >= 11 is 0. The Morgan fingerprint density at radius 1 is 1.24 bits per heavy atom. The minimum atomic E-state index is 0.0251. The van der Waals surface area contributed by atoms with E-state index in [9.17, 15) is 4.79 Å². The zero-order valence-electron chi connectivity index (χ0n) is 14.3. The molecule has 0 aliphatic carbocycles. The molecule has 0 spiro atoms. The Kier molecular flexibility index (Phi) is 5.85. The molecule has 1 aliphatic heterocycles. The van der Waals surface area contributed by atoms with E-state index in [0.29, 0.717) is 25.4 Å². The summed E-state index contributed by atoms with van der Waals surface area (Å²) in [7, 11) is 1.66. The number of nitrogens with one attached hydrogen (secondary N) is 2. The fourth-order valence-electron chi connectivity index (χ4n) is 2.81. The summed E-state index contributed by atoms with van der Waals surface area (Å²) < 4.78 is 10.6. The third-order valence-corrected chi connectivity index (χ3v) is 4.28. The molecule has 6 nitrogen and oxygen atoms in total. The Balaban J connectivity index is 1.54. The highest BCUT2D eigenvalue weighted by Gasteiger charge is 2.21. The van der Waals surface area contributed by atoms with Gasteiger partial charge in [0, 0.05) is 31.2 Å². The summed E-state index contributed by atoms with van der Waals surface area (Å²) in [6, 6.07) is 11.6. The molecule has 1 saturated heterocycles. The Morgan fingerprint density at radius 3 is 2.76 bits per heavy atom. The standard InChI is InChI=1S/C19H23N3O3/c1-24-17-5-3-2-4-15(17)12-20-18-7-6-16(13-21-18)22-19(23)14-8-10-25-11-9-14/h2-7,13-14H,8-12H2,1H3,(H,20,21)(H,22,23). The molecular weight excluding hydrogens is 318 g/mol. The third kappa shape index (κ3) is 4.70. The van der Waals surface area contributed by atoms with E-state index in [1.54, 1.807) is 13.3 Å². The first-order valence-electron chi connectivity index (χ1n) is 8.46. The summed E-state index contributed by atoms with van der Waals surface area (Å²) in [6.07, 6.45) is 3.22. The van der Waals surface area contributed by atoms with Gasteiger partial charge in [0.05, 0.1) is 19.0 Å². The van der Waals surface area contributed by atoms with Crippen LogP contribution >= 0.6 is 0 Å². The van der Waals surface area contributed by atoms with Crippen molar-refractivity contribution in [1.29, 1.82) is 0 Å². The van der Waals surface area contributed by atoms with Gasteiger partial charge in [-0.25, -0.2) is 4.98 Å². The molecule has 1 aromatic heterocycles. The maximum atomic E-state index is 12.2. The fraction of sp³-hybridized carbons (Fsp3) is 0.368. The minimum absolute atomic E-state index is 0.0251. The molecule has 2 aromatic rings. The van der Waals surface area contributed by atoms with Crippen LogP contribution in [0.3, 0.4) is 0 Å². The third-order valence-electron chi connectivity index (χ3n) is 4.28. The van der Waals surface area contributed by atoms with Crippen LogP contribution in [-0.4, -0.2) is 31.2 Å². The number of pyridine rings is 1. The monoisotopic (exact) mass is 341 g/mol. The normalized spacial score (nSPS) is 14.8. The lowest BCUT2D eigenvalue weighted by atomic mass is 9.99. The van der Waals surface area contributed by atoms with E-state index in [0.717, 1.165) is 30.0 Å². The van der Waals surface area contributed by atoms with Gasteiger partial charge in [-0.3, -0.25) is 4.79 Å². The van der Waals surface area contributed by atoms with Crippen LogP contribution in [0.2, 0.25) is 0 Å². The average Bonchev–Trinajstić information content (AvgIpc) is 2.68. The number of methoxy groups -OCH3 is 1. The number of aromatic nitrogens is 1. The molecule has 25 heavy (non-hydrogen) atoms. The molecule has 2 heterocycles. The van der Waals surface area contributed by atoms with Gasteiger partial charge >= 0.3 is 0 Å². The number of rotatable bonds is 6. The van der Waals surface area contributed by atoms with E-state index in [2.05, 4.69) is 15.6 Å². The van der Waals surface area contributed by atoms with Gasteiger partial charge in [0.2, 0.25) is 5.91 Å². The SMILES string of the molecule is COc1ccccc1CNc1ccc(NC(=O)C2CCOCC2)cn1. The van der Waals surface area contributed by atoms with E-state index < -0.39 is 0 Å². The van der Waals surface area contributed by atoms with Crippen LogP contribution in [-0.2, 0) is 16.1 Å². The van der Waals surface area contributed by atoms with Crippen LogP contribution in [0.25, 0.3) is 0 Å². The molecule has 0 bridgehead atoms. The summed E-state index contributed by atoms with van der Waals surface area (Å²) in [6.45, 7) is 1.93. The smallest absolute Gasteiger partial charge is 0.227 e. The summed E-state index contributed by atoms with van der Waals surface area (Å²) in [5, 5.41) is 6.19. The molecule has 2 N–H and O–H groups in total. The number of benzene rings is 1. The van der Waals surface area contributed by atoms with Crippen LogP contribution in [0.15, 0.2) is 42.6 Å². The first kappa shape index (κ1) is 17.2. The minimum Gasteiger partial charge on any atom is -0.496 e. The molecule has 1 aliphatic rings. The van der Waals surface area contributed by atoms with Crippen molar-refractivity contribution in [2.75, 3.05) is 31.0 Å². The molecule has 0 saturated carbocycles. The molecule has 1 amide bonds. The first-order valence-corrected chi connectivity index (χ1v) is 8.46. The highest BCUT2D eigenvalue weighted by Crippen LogP contribution is 2.20. The zero-order chi connectivity index (χ0) is 17.5. The molecule has 0 radical (unpaired) electrons. The summed E-state index contributed by atoms with van der Waals surface area (Å²) in [5.41, 5.74) is 1.77. The lowest BCUT2D eigenvalue weighted by molar-refractivity contribution is -0.122. The topological polar surface area (TPSA) is 72.5 Å². The van der Waals surface area contributed by atoms with Gasteiger partial charge in [0.1, 0.15) is 11.6 Å². The number of ether oxygens (including phenoxy) is 2. The van der Waals surface area contributed by atoms with Crippen LogP contribution in [0.4, 0.5) is 11.5 Å². The Bertz CT molecular complexity index is 697. The van der Waals surface area contributed by atoms with Crippen molar-refractivity contribution in [3.05, 3.63) is 48.2 Å². The maximum absolute atomic E-state index is 12.2. The van der Waals surface area contributed by atoms with Crippen molar-refractivity contribution in [1.82, 2.24) is 4.98 Å². The first-order chi connectivity index (χ1) is 12.3. The number of amides is 1. The molecule has 6 heteroatoms. The number of carbonyl (C=O) groups is 1. The highest BCUT2D eigenvalue weighted by molar-refractivity contribution is 5.92. The van der Waals surface area contributed by atoms with Gasteiger partial charge in [-0.05, 0) is 31.0 Å². The molecule has 1 aromatic carbocycles. The highest BCUT2D eigenvalue weighted by atomic mass is 16.5. The predicted molar refractivity (Wildman–Crippen MR) is 96.7 cm³/mol. The zero-order valence-corrected chi connectivity index (χ0v) is 14.3. The van der Waals surface area contributed by atoms with Gasteiger partial charge in [-0.15, -0.1) is 0 Å². The van der Waals surface area contributed by atoms with Crippen molar-refractivity contribution in [2.24, 2.45) is 5.92 Å². The van der Waals surface area contributed by atoms with Crippen LogP contribution in [0, 0.1) is 5.92 Å². The molecule has 1 fully saturated rings. The Morgan fingerprint density at radius 2 is 2.04 bits per heavy atom. The van der Waals surface area contributed by atoms with E-state index in [1.807, 2.05) is 36.4 Å². The summed E-state index contributed by atoms with van der Waals surface area (Å²) in [4.78, 5) is 16.6. The van der Waals surface area contributed by atoms with Crippen molar-refractivity contribution in [3.8, 4) is 5.75 Å². The van der Waals surface area contributed by atoms with Crippen molar-refractivity contribution < 1.29 is 14.3 Å². The molecule has 0 unspecified atom stereocenters. The molecule has 132 valence electrons. The van der Waals surface area contributed by atoms with Crippen LogP contribution in [0.5, 0.6) is 5.75 Å². The van der Waals surface area contributed by atoms with Gasteiger partial charge in [0.25, 0.3) is 0 Å². The van der Waals surface area contributed by atoms with Crippen LogP contribution < -0.4 is 15.4 Å². The Labute approximate surface area is 147 Å². The van der Waals surface area contributed by atoms with Gasteiger partial charge in [0.15, 0.2) is 0 Å². The number of hydrogen-bond acceptors (Lipinski definition) is 5. The van der Waals surface area contributed by atoms with Crippen LogP contribution in [0.1, 0.15) is 18.4 Å². The number of anilines is 2. The lowest BCUT2D eigenvalue weighted by Gasteiger charge is -2.21. The molecule has 3 rings (SSSR count). The van der Waals surface area contributed by atoms with Crippen molar-refractivity contribution >= 4 is 17.4 Å². The Hall–Kier alpha value is -2.60. The van der Waals surface area contributed by atoms with Gasteiger partial charge in [-0.1, -0.05) is 18.2 Å². The van der Waals surface area contributed by atoms with E-state index in [4.69, 9.17) is 9.47 Å². The van der Waals surface area contributed by atoms with Gasteiger partial charge in [-0.2, -0.15) is 0 Å². The second-order valence-corrected chi connectivity index (χ2v) is 5.97. The number of nitrogens with zero attached hydrogens (tertiary/aromatic N) is 1.